The minimum Gasteiger partial charge on any atom is -0.457 e. The second kappa shape index (κ2) is 18.2. The summed E-state index contributed by atoms with van der Waals surface area (Å²) in [6.45, 7) is 4.59. The van der Waals surface area contributed by atoms with Gasteiger partial charge in [0.1, 0.15) is 11.5 Å². The molecule has 0 amide bonds. The number of para-hydroxylation sites is 1. The first-order chi connectivity index (χ1) is 37.4. The fraction of sp³-hybridized carbons (Fsp3) is 0.0541. The summed E-state index contributed by atoms with van der Waals surface area (Å²) in [7, 11) is 0. The van der Waals surface area contributed by atoms with Gasteiger partial charge in [0.25, 0.3) is 0 Å². The molecule has 0 saturated heterocycles. The van der Waals surface area contributed by atoms with Crippen LogP contribution in [-0.2, 0) is 10.8 Å². The van der Waals surface area contributed by atoms with Gasteiger partial charge in [-0.15, -0.1) is 0 Å². The normalized spacial score (nSPS) is 13.4. The summed E-state index contributed by atoms with van der Waals surface area (Å²) >= 11 is 0. The van der Waals surface area contributed by atoms with Gasteiger partial charge in [0.15, 0.2) is 0 Å². The summed E-state index contributed by atoms with van der Waals surface area (Å²) in [6, 6.07) is 105. The van der Waals surface area contributed by atoms with Crippen molar-refractivity contribution in [3.8, 4) is 67.1 Å². The zero-order valence-electron chi connectivity index (χ0n) is 42.5. The van der Waals surface area contributed by atoms with E-state index in [9.17, 15) is 0 Å². The molecule has 2 heteroatoms. The first-order valence-electron chi connectivity index (χ1n) is 26.4. The third-order valence-electron chi connectivity index (χ3n) is 16.2. The molecular formula is C74H53NO. The molecule has 0 aromatic heterocycles. The van der Waals surface area contributed by atoms with E-state index >= 15 is 0 Å². The summed E-state index contributed by atoms with van der Waals surface area (Å²) in [5.41, 5.74) is 22.0. The summed E-state index contributed by atoms with van der Waals surface area (Å²) < 4.78 is 6.43. The molecule has 76 heavy (non-hydrogen) atoms. The van der Waals surface area contributed by atoms with E-state index in [0.717, 1.165) is 45.3 Å². The number of fused-ring (bicyclic) bond motifs is 6. The number of ether oxygens (including phenoxy) is 1. The van der Waals surface area contributed by atoms with Crippen molar-refractivity contribution in [3.05, 3.63) is 318 Å². The van der Waals surface area contributed by atoms with Gasteiger partial charge in [0.05, 0.1) is 5.41 Å². The Bertz CT molecular complexity index is 4080. The van der Waals surface area contributed by atoms with E-state index in [1.807, 2.05) is 6.07 Å². The van der Waals surface area contributed by atoms with Crippen molar-refractivity contribution in [2.75, 3.05) is 4.90 Å². The molecule has 12 aromatic rings. The number of anilines is 3. The largest absolute Gasteiger partial charge is 0.457 e. The van der Waals surface area contributed by atoms with E-state index in [2.05, 4.69) is 298 Å². The average molecular weight is 972 g/mol. The molecule has 0 radical (unpaired) electrons. The molecule has 14 rings (SSSR count). The van der Waals surface area contributed by atoms with Crippen LogP contribution in [-0.4, -0.2) is 0 Å². The quantitative estimate of drug-likeness (QED) is 0.143. The molecule has 2 aliphatic rings. The van der Waals surface area contributed by atoms with E-state index in [1.165, 1.54) is 83.1 Å². The van der Waals surface area contributed by atoms with Crippen LogP contribution < -0.4 is 9.64 Å². The van der Waals surface area contributed by atoms with Gasteiger partial charge in [-0.3, -0.25) is 0 Å². The Hall–Kier alpha value is -9.50. The number of rotatable bonds is 9. The van der Waals surface area contributed by atoms with Crippen molar-refractivity contribution in [1.29, 1.82) is 0 Å². The van der Waals surface area contributed by atoms with Gasteiger partial charge in [-0.1, -0.05) is 226 Å². The van der Waals surface area contributed by atoms with Crippen LogP contribution in [0.4, 0.5) is 17.1 Å². The Morgan fingerprint density at radius 1 is 0.276 bits per heavy atom. The molecule has 0 saturated carbocycles. The highest BCUT2D eigenvalue weighted by molar-refractivity contribution is 5.91. The molecule has 1 heterocycles. The fourth-order valence-electron chi connectivity index (χ4n) is 12.3. The maximum atomic E-state index is 6.43. The first kappa shape index (κ1) is 45.1. The third-order valence-corrected chi connectivity index (χ3v) is 16.2. The lowest BCUT2D eigenvalue weighted by molar-refractivity contribution is 0.418. The van der Waals surface area contributed by atoms with E-state index in [4.69, 9.17) is 4.74 Å². The Balaban J connectivity index is 0.855. The molecule has 0 bridgehead atoms. The maximum absolute atomic E-state index is 6.43. The van der Waals surface area contributed by atoms with Crippen LogP contribution in [0.1, 0.15) is 47.2 Å². The highest BCUT2D eigenvalue weighted by atomic mass is 16.5. The molecule has 1 aliphatic carbocycles. The summed E-state index contributed by atoms with van der Waals surface area (Å²) in [4.78, 5) is 2.37. The molecule has 1 aliphatic heterocycles. The highest BCUT2D eigenvalue weighted by Crippen LogP contribution is 2.58. The van der Waals surface area contributed by atoms with Gasteiger partial charge in [-0.25, -0.2) is 0 Å². The van der Waals surface area contributed by atoms with E-state index < -0.39 is 5.41 Å². The monoisotopic (exact) mass is 971 g/mol. The van der Waals surface area contributed by atoms with Crippen LogP contribution in [0.3, 0.4) is 0 Å². The predicted octanol–water partition coefficient (Wildman–Crippen LogP) is 19.8. The zero-order valence-corrected chi connectivity index (χ0v) is 42.5. The third kappa shape index (κ3) is 7.48. The van der Waals surface area contributed by atoms with Crippen molar-refractivity contribution in [3.63, 3.8) is 0 Å². The van der Waals surface area contributed by atoms with Crippen LogP contribution in [0.25, 0.3) is 66.4 Å². The Kier molecular flexibility index (Phi) is 10.8. The summed E-state index contributed by atoms with van der Waals surface area (Å²) in [5, 5.41) is 2.48. The summed E-state index contributed by atoms with van der Waals surface area (Å²) in [6.07, 6.45) is 0. The number of hydrogen-bond acceptors (Lipinski definition) is 2. The Labute approximate surface area is 445 Å². The van der Waals surface area contributed by atoms with Gasteiger partial charge in [-0.2, -0.15) is 0 Å². The lowest BCUT2D eigenvalue weighted by atomic mass is 9.67. The van der Waals surface area contributed by atoms with Gasteiger partial charge >= 0.3 is 0 Å². The number of nitrogens with zero attached hydrogens (tertiary/aromatic N) is 1. The molecule has 12 aromatic carbocycles. The standard InChI is InChI=1S/C74H53NO/c1-73(2)67-24-14-15-25-71(67)76-72-45-36-59(49-70(72)73)54-32-41-64(42-33-54)75(62-37-28-52(29-38-62)56-27-26-51-18-12-13-19-55(51)46-56)63-39-30-53(31-40-63)58-35-44-66-65-43-34-57(50-16-6-3-7-17-50)47-68(65)74(69(66)48-58,60-20-8-4-9-21-60)61-22-10-5-11-23-61/h3-49H,1-2H3. The first-order valence-corrected chi connectivity index (χ1v) is 26.4. The minimum atomic E-state index is -0.537. The van der Waals surface area contributed by atoms with Crippen molar-refractivity contribution in [2.24, 2.45) is 0 Å². The SMILES string of the molecule is CC1(C)c2ccccc2Oc2ccc(-c3ccc(N(c4ccc(-c5ccc6c(c5)C(c5ccccc5)(c5ccccc5)c5cc(-c7ccccc7)ccc5-6)cc4)c4ccc(-c5ccc6ccccc6c5)cc4)cc3)cc21. The van der Waals surface area contributed by atoms with Crippen LogP contribution in [0.15, 0.2) is 285 Å². The van der Waals surface area contributed by atoms with Crippen molar-refractivity contribution in [1.82, 2.24) is 0 Å². The summed E-state index contributed by atoms with van der Waals surface area (Å²) in [5.74, 6) is 1.85. The van der Waals surface area contributed by atoms with Crippen LogP contribution in [0.2, 0.25) is 0 Å². The van der Waals surface area contributed by atoms with Gasteiger partial charge in [-0.05, 0) is 161 Å². The molecule has 0 fully saturated rings. The van der Waals surface area contributed by atoms with Crippen molar-refractivity contribution >= 4 is 27.8 Å². The van der Waals surface area contributed by atoms with E-state index in [0.29, 0.717) is 0 Å². The molecule has 0 N–H and O–H groups in total. The smallest absolute Gasteiger partial charge is 0.131 e. The average Bonchev–Trinajstić information content (AvgIpc) is 3.95. The molecule has 2 nitrogen and oxygen atoms in total. The van der Waals surface area contributed by atoms with E-state index in [-0.39, 0.29) is 5.41 Å². The molecule has 360 valence electrons. The van der Waals surface area contributed by atoms with Crippen LogP contribution in [0, 0.1) is 0 Å². The van der Waals surface area contributed by atoms with Crippen molar-refractivity contribution in [2.45, 2.75) is 24.7 Å². The van der Waals surface area contributed by atoms with Crippen LogP contribution in [0.5, 0.6) is 11.5 Å². The molecule has 0 unspecified atom stereocenters. The van der Waals surface area contributed by atoms with Gasteiger partial charge < -0.3 is 9.64 Å². The lowest BCUT2D eigenvalue weighted by Gasteiger charge is -2.34. The van der Waals surface area contributed by atoms with E-state index in [1.54, 1.807) is 0 Å². The maximum Gasteiger partial charge on any atom is 0.131 e. The number of benzene rings is 12. The molecular weight excluding hydrogens is 919 g/mol. The van der Waals surface area contributed by atoms with Gasteiger partial charge in [0.2, 0.25) is 0 Å². The van der Waals surface area contributed by atoms with Crippen LogP contribution >= 0.6 is 0 Å². The fourth-order valence-corrected chi connectivity index (χ4v) is 12.3. The van der Waals surface area contributed by atoms with Gasteiger partial charge in [0, 0.05) is 33.6 Å². The number of hydrogen-bond donors (Lipinski definition) is 0. The van der Waals surface area contributed by atoms with Crippen molar-refractivity contribution < 1.29 is 4.74 Å². The minimum absolute atomic E-state index is 0.202. The second-order valence-corrected chi connectivity index (χ2v) is 20.8. The highest BCUT2D eigenvalue weighted by Gasteiger charge is 2.46. The predicted molar refractivity (Wildman–Crippen MR) is 316 cm³/mol. The second-order valence-electron chi connectivity index (χ2n) is 20.8. The zero-order chi connectivity index (χ0) is 50.8. The molecule has 0 spiro atoms. The molecule has 0 atom stereocenters. The lowest BCUT2D eigenvalue weighted by Crippen LogP contribution is -2.28. The topological polar surface area (TPSA) is 12.5 Å². The Morgan fingerprint density at radius 2 is 0.658 bits per heavy atom. The Morgan fingerprint density at radius 3 is 1.20 bits per heavy atom.